The van der Waals surface area contributed by atoms with Gasteiger partial charge in [0.15, 0.2) is 0 Å². The minimum absolute atomic E-state index is 0.225. The van der Waals surface area contributed by atoms with E-state index in [1.54, 1.807) is 4.31 Å². The minimum Gasteiger partial charge on any atom is -0.299 e. The predicted molar refractivity (Wildman–Crippen MR) is 109 cm³/mol. The highest BCUT2D eigenvalue weighted by Crippen LogP contribution is 2.35. The van der Waals surface area contributed by atoms with Gasteiger partial charge in [0.2, 0.25) is 10.0 Å². The van der Waals surface area contributed by atoms with Crippen molar-refractivity contribution in [3.63, 3.8) is 0 Å². The maximum atomic E-state index is 13.1. The average molecular weight is 405 g/mol. The smallest absolute Gasteiger partial charge is 0.217 e. The topological polar surface area (TPSA) is 40.6 Å². The van der Waals surface area contributed by atoms with Gasteiger partial charge in [0.05, 0.1) is 5.25 Å². The van der Waals surface area contributed by atoms with Crippen molar-refractivity contribution in [2.75, 3.05) is 19.6 Å². The van der Waals surface area contributed by atoms with Crippen molar-refractivity contribution >= 4 is 21.6 Å². The highest BCUT2D eigenvalue weighted by Gasteiger charge is 2.46. The van der Waals surface area contributed by atoms with E-state index in [4.69, 9.17) is 11.6 Å². The summed E-state index contributed by atoms with van der Waals surface area (Å²) in [5.41, 5.74) is 2.28. The van der Waals surface area contributed by atoms with Gasteiger partial charge in [-0.25, -0.2) is 8.42 Å². The monoisotopic (exact) mass is 404 g/mol. The van der Waals surface area contributed by atoms with Crippen molar-refractivity contribution in [1.82, 2.24) is 9.21 Å². The van der Waals surface area contributed by atoms with E-state index in [-0.39, 0.29) is 11.2 Å². The maximum absolute atomic E-state index is 13.1. The number of fused-ring (bicyclic) bond motifs is 1. The van der Waals surface area contributed by atoms with Crippen LogP contribution in [0.4, 0.5) is 0 Å². The van der Waals surface area contributed by atoms with Gasteiger partial charge in [-0.15, -0.1) is 0 Å². The molecule has 2 aliphatic heterocycles. The second-order valence-corrected chi connectivity index (χ2v) is 10.2. The molecule has 0 spiro atoms. The van der Waals surface area contributed by atoms with Gasteiger partial charge in [0, 0.05) is 24.7 Å². The Labute approximate surface area is 166 Å². The van der Waals surface area contributed by atoms with Crippen molar-refractivity contribution in [3.8, 4) is 0 Å². The van der Waals surface area contributed by atoms with Crippen LogP contribution in [-0.4, -0.2) is 42.5 Å². The first kappa shape index (κ1) is 18.9. The van der Waals surface area contributed by atoms with Gasteiger partial charge in [-0.3, -0.25) is 4.90 Å². The minimum atomic E-state index is -3.24. The molecule has 2 heterocycles. The molecule has 2 aromatic carbocycles. The molecule has 4 rings (SSSR count). The molecule has 0 aliphatic carbocycles. The van der Waals surface area contributed by atoms with Crippen LogP contribution in [0.5, 0.6) is 0 Å². The molecule has 2 aromatic rings. The third kappa shape index (κ3) is 4.21. The fourth-order valence-corrected chi connectivity index (χ4v) is 6.65. The molecule has 2 atom stereocenters. The number of hydrogen-bond donors (Lipinski definition) is 0. The van der Waals surface area contributed by atoms with E-state index in [1.807, 2.05) is 30.3 Å². The summed E-state index contributed by atoms with van der Waals surface area (Å²) in [7, 11) is -3.24. The van der Waals surface area contributed by atoms with Gasteiger partial charge in [-0.05, 0) is 55.1 Å². The van der Waals surface area contributed by atoms with Crippen LogP contribution in [0.25, 0.3) is 0 Å². The van der Waals surface area contributed by atoms with Crippen LogP contribution in [0.15, 0.2) is 54.6 Å². The molecule has 2 fully saturated rings. The molecule has 0 saturated carbocycles. The molecule has 0 N–H and O–H groups in total. The number of halogens is 1. The second-order valence-electron chi connectivity index (χ2n) is 7.60. The Hall–Kier alpha value is -1.40. The van der Waals surface area contributed by atoms with Gasteiger partial charge < -0.3 is 0 Å². The molecular formula is C21H25ClN2O2S. The molecule has 0 amide bonds. The van der Waals surface area contributed by atoms with E-state index < -0.39 is 10.0 Å². The van der Waals surface area contributed by atoms with Gasteiger partial charge >= 0.3 is 0 Å². The lowest BCUT2D eigenvalue weighted by atomic mass is 10.0. The summed E-state index contributed by atoms with van der Waals surface area (Å²) in [5.74, 6) is 0.225. The first-order chi connectivity index (χ1) is 13.0. The van der Waals surface area contributed by atoms with Gasteiger partial charge in [-0.2, -0.15) is 4.31 Å². The second kappa shape index (κ2) is 7.92. The van der Waals surface area contributed by atoms with Gasteiger partial charge in [0.1, 0.15) is 0 Å². The van der Waals surface area contributed by atoms with Crippen LogP contribution in [0, 0.1) is 5.92 Å². The number of hydrogen-bond acceptors (Lipinski definition) is 3. The molecule has 0 unspecified atom stereocenters. The zero-order valence-corrected chi connectivity index (χ0v) is 16.9. The SMILES string of the molecule is O=S1(=O)[C@@H]2CCN(Cc3ccccc3)CC[C@@H]2CN1Cc1ccc(Cl)cc1. The number of rotatable bonds is 4. The fraction of sp³-hybridized carbons (Fsp3) is 0.429. The molecule has 144 valence electrons. The Bertz CT molecular complexity index is 871. The summed E-state index contributed by atoms with van der Waals surface area (Å²) in [5, 5.41) is 0.428. The lowest BCUT2D eigenvalue weighted by molar-refractivity contribution is 0.267. The number of likely N-dealkylation sites (tertiary alicyclic amines) is 1. The molecular weight excluding hydrogens is 380 g/mol. The molecule has 6 heteroatoms. The van der Waals surface area contributed by atoms with E-state index in [0.717, 1.165) is 38.0 Å². The summed E-state index contributed by atoms with van der Waals surface area (Å²) in [6, 6.07) is 17.9. The quantitative estimate of drug-likeness (QED) is 0.778. The third-order valence-electron chi connectivity index (χ3n) is 5.77. The zero-order chi connectivity index (χ0) is 18.9. The maximum Gasteiger partial charge on any atom is 0.217 e. The number of nitrogens with zero attached hydrogens (tertiary/aromatic N) is 2. The largest absolute Gasteiger partial charge is 0.299 e. The van der Waals surface area contributed by atoms with Crippen molar-refractivity contribution in [3.05, 3.63) is 70.7 Å². The summed E-state index contributed by atoms with van der Waals surface area (Å²) < 4.78 is 27.9. The highest BCUT2D eigenvalue weighted by atomic mass is 35.5. The van der Waals surface area contributed by atoms with Crippen LogP contribution >= 0.6 is 11.6 Å². The van der Waals surface area contributed by atoms with E-state index in [1.165, 1.54) is 5.56 Å². The van der Waals surface area contributed by atoms with Crippen molar-refractivity contribution < 1.29 is 8.42 Å². The number of benzene rings is 2. The highest BCUT2D eigenvalue weighted by molar-refractivity contribution is 7.90. The summed E-state index contributed by atoms with van der Waals surface area (Å²) >= 11 is 5.94. The summed E-state index contributed by atoms with van der Waals surface area (Å²) in [6.07, 6.45) is 1.66. The van der Waals surface area contributed by atoms with Crippen molar-refractivity contribution in [2.45, 2.75) is 31.2 Å². The fourth-order valence-electron chi connectivity index (χ4n) is 4.30. The first-order valence-electron chi connectivity index (χ1n) is 9.52. The molecule has 4 nitrogen and oxygen atoms in total. The standard InChI is InChI=1S/C21H25ClN2O2S/c22-20-8-6-18(7-9-20)15-24-16-19-10-12-23(13-11-21(19)27(24,25)26)14-17-4-2-1-3-5-17/h1-9,19,21H,10-16H2/t19-,21-/m1/s1. The Kier molecular flexibility index (Phi) is 5.55. The lowest BCUT2D eigenvalue weighted by Gasteiger charge is -2.22. The Morgan fingerprint density at radius 1 is 0.889 bits per heavy atom. The van der Waals surface area contributed by atoms with Gasteiger partial charge in [-0.1, -0.05) is 54.1 Å². The Balaban J connectivity index is 1.42. The zero-order valence-electron chi connectivity index (χ0n) is 15.3. The van der Waals surface area contributed by atoms with E-state index >= 15 is 0 Å². The molecule has 27 heavy (non-hydrogen) atoms. The van der Waals surface area contributed by atoms with Crippen LogP contribution in [0.2, 0.25) is 5.02 Å². The van der Waals surface area contributed by atoms with Crippen LogP contribution in [0.1, 0.15) is 24.0 Å². The van der Waals surface area contributed by atoms with Crippen LogP contribution in [-0.2, 0) is 23.1 Å². The predicted octanol–water partition coefficient (Wildman–Crippen LogP) is 3.77. The molecule has 0 radical (unpaired) electrons. The molecule has 0 aromatic heterocycles. The molecule has 2 saturated heterocycles. The molecule has 0 bridgehead atoms. The van der Waals surface area contributed by atoms with E-state index in [0.29, 0.717) is 18.1 Å². The van der Waals surface area contributed by atoms with Crippen molar-refractivity contribution in [1.29, 1.82) is 0 Å². The summed E-state index contributed by atoms with van der Waals surface area (Å²) in [4.78, 5) is 2.40. The van der Waals surface area contributed by atoms with E-state index in [2.05, 4.69) is 29.2 Å². The van der Waals surface area contributed by atoms with Gasteiger partial charge in [0.25, 0.3) is 0 Å². The Morgan fingerprint density at radius 3 is 2.30 bits per heavy atom. The third-order valence-corrected chi connectivity index (χ3v) is 8.41. The lowest BCUT2D eigenvalue weighted by Crippen LogP contribution is -2.31. The van der Waals surface area contributed by atoms with Crippen LogP contribution < -0.4 is 0 Å². The summed E-state index contributed by atoms with van der Waals surface area (Å²) in [6.45, 7) is 3.77. The average Bonchev–Trinajstić information content (AvgIpc) is 2.79. The first-order valence-corrected chi connectivity index (χ1v) is 11.4. The number of sulfonamides is 1. The Morgan fingerprint density at radius 2 is 1.56 bits per heavy atom. The molecule has 2 aliphatic rings. The van der Waals surface area contributed by atoms with E-state index in [9.17, 15) is 8.42 Å². The van der Waals surface area contributed by atoms with Crippen molar-refractivity contribution in [2.24, 2.45) is 5.92 Å². The van der Waals surface area contributed by atoms with Crippen LogP contribution in [0.3, 0.4) is 0 Å². The normalized spacial score (nSPS) is 25.8.